The van der Waals surface area contributed by atoms with Gasteiger partial charge in [0.2, 0.25) is 0 Å². The lowest BCUT2D eigenvalue weighted by atomic mass is 10.1. The number of unbranched alkanes of at least 4 members (excludes halogenated alkanes) is 1. The molecular formula is C14H21N3OS. The first-order chi connectivity index (χ1) is 9.04. The minimum atomic E-state index is 0.157. The van der Waals surface area contributed by atoms with Gasteiger partial charge in [-0.15, -0.1) is 0 Å². The summed E-state index contributed by atoms with van der Waals surface area (Å²) in [5.74, 6) is 0.966. The van der Waals surface area contributed by atoms with Crippen LogP contribution in [0.1, 0.15) is 36.5 Å². The van der Waals surface area contributed by atoms with Crippen LogP contribution in [0.15, 0.2) is 17.2 Å². The largest absolute Gasteiger partial charge is 0.493 e. The average Bonchev–Trinajstić information content (AvgIpc) is 2.32. The van der Waals surface area contributed by atoms with Crippen molar-refractivity contribution in [1.82, 2.24) is 5.43 Å². The van der Waals surface area contributed by atoms with Crippen LogP contribution >= 0.6 is 12.2 Å². The number of hydrogen-bond acceptors (Lipinski definition) is 3. The Kier molecular flexibility index (Phi) is 6.29. The maximum absolute atomic E-state index is 5.80. The number of hydrazone groups is 1. The van der Waals surface area contributed by atoms with Crippen molar-refractivity contribution >= 4 is 23.5 Å². The van der Waals surface area contributed by atoms with E-state index < -0.39 is 0 Å². The molecule has 1 aromatic rings. The highest BCUT2D eigenvalue weighted by Gasteiger charge is 2.05. The first-order valence-electron chi connectivity index (χ1n) is 6.37. The van der Waals surface area contributed by atoms with Gasteiger partial charge in [-0.3, -0.25) is 5.43 Å². The van der Waals surface area contributed by atoms with Crippen LogP contribution in [0.5, 0.6) is 5.75 Å². The van der Waals surface area contributed by atoms with Crippen LogP contribution < -0.4 is 15.9 Å². The van der Waals surface area contributed by atoms with Crippen molar-refractivity contribution in [2.45, 2.75) is 33.6 Å². The monoisotopic (exact) mass is 279 g/mol. The van der Waals surface area contributed by atoms with Crippen LogP contribution in [-0.2, 0) is 0 Å². The van der Waals surface area contributed by atoms with Crippen molar-refractivity contribution in [3.63, 3.8) is 0 Å². The third-order valence-electron chi connectivity index (χ3n) is 2.62. The molecule has 0 radical (unpaired) electrons. The van der Waals surface area contributed by atoms with Crippen LogP contribution in [0.25, 0.3) is 0 Å². The van der Waals surface area contributed by atoms with Gasteiger partial charge in [-0.2, -0.15) is 5.10 Å². The highest BCUT2D eigenvalue weighted by molar-refractivity contribution is 7.80. The summed E-state index contributed by atoms with van der Waals surface area (Å²) in [5, 5.41) is 4.10. The van der Waals surface area contributed by atoms with Crippen LogP contribution in [-0.4, -0.2) is 17.9 Å². The van der Waals surface area contributed by atoms with E-state index in [0.717, 1.165) is 41.9 Å². The molecule has 3 N–H and O–H groups in total. The first kappa shape index (κ1) is 15.4. The molecule has 4 nitrogen and oxygen atoms in total. The van der Waals surface area contributed by atoms with Gasteiger partial charge in [0.15, 0.2) is 5.11 Å². The summed E-state index contributed by atoms with van der Waals surface area (Å²) in [4.78, 5) is 0. The number of rotatable bonds is 6. The Morgan fingerprint density at radius 1 is 1.42 bits per heavy atom. The fourth-order valence-electron chi connectivity index (χ4n) is 1.77. The van der Waals surface area contributed by atoms with E-state index in [1.165, 1.54) is 0 Å². The second-order valence-corrected chi connectivity index (χ2v) is 4.86. The summed E-state index contributed by atoms with van der Waals surface area (Å²) >= 11 is 4.68. The molecule has 0 fully saturated rings. The van der Waals surface area contributed by atoms with Crippen molar-refractivity contribution in [1.29, 1.82) is 0 Å². The van der Waals surface area contributed by atoms with E-state index in [2.05, 4.69) is 29.7 Å². The summed E-state index contributed by atoms with van der Waals surface area (Å²) in [7, 11) is 0. The molecule has 0 bridgehead atoms. The topological polar surface area (TPSA) is 59.6 Å². The molecule has 104 valence electrons. The number of benzene rings is 1. The quantitative estimate of drug-likeness (QED) is 0.364. The zero-order valence-corrected chi connectivity index (χ0v) is 12.5. The fourth-order valence-corrected chi connectivity index (χ4v) is 1.83. The molecule has 0 aromatic heterocycles. The number of nitrogens with two attached hydrogens (primary N) is 1. The van der Waals surface area contributed by atoms with Crippen LogP contribution in [0.4, 0.5) is 0 Å². The molecule has 0 saturated carbocycles. The van der Waals surface area contributed by atoms with Crippen molar-refractivity contribution in [2.75, 3.05) is 6.61 Å². The Morgan fingerprint density at radius 2 is 2.05 bits per heavy atom. The van der Waals surface area contributed by atoms with Gasteiger partial charge >= 0.3 is 0 Å². The molecule has 0 heterocycles. The van der Waals surface area contributed by atoms with Gasteiger partial charge in [-0.05, 0) is 61.3 Å². The Hall–Kier alpha value is -1.62. The van der Waals surface area contributed by atoms with Gasteiger partial charge in [0.05, 0.1) is 12.8 Å². The van der Waals surface area contributed by atoms with Crippen LogP contribution in [0, 0.1) is 13.8 Å². The first-order valence-corrected chi connectivity index (χ1v) is 6.78. The zero-order chi connectivity index (χ0) is 14.3. The van der Waals surface area contributed by atoms with Crippen molar-refractivity contribution in [3.05, 3.63) is 28.8 Å². The Morgan fingerprint density at radius 3 is 2.58 bits per heavy atom. The fraction of sp³-hybridized carbons (Fsp3) is 0.429. The third kappa shape index (κ3) is 5.26. The maximum Gasteiger partial charge on any atom is 0.184 e. The summed E-state index contributed by atoms with van der Waals surface area (Å²) in [6, 6.07) is 4.05. The second-order valence-electron chi connectivity index (χ2n) is 4.42. The lowest BCUT2D eigenvalue weighted by Gasteiger charge is -2.12. The smallest absolute Gasteiger partial charge is 0.184 e. The number of nitrogens with one attached hydrogen (secondary N) is 1. The van der Waals surface area contributed by atoms with Crippen LogP contribution in [0.3, 0.4) is 0 Å². The number of thiocarbonyl (C=S) groups is 1. The lowest BCUT2D eigenvalue weighted by molar-refractivity contribution is 0.305. The molecule has 0 atom stereocenters. The van der Waals surface area contributed by atoms with Gasteiger partial charge in [0.25, 0.3) is 0 Å². The van der Waals surface area contributed by atoms with Crippen molar-refractivity contribution < 1.29 is 4.74 Å². The molecule has 1 aromatic carbocycles. The van der Waals surface area contributed by atoms with E-state index in [9.17, 15) is 0 Å². The van der Waals surface area contributed by atoms with Crippen molar-refractivity contribution in [2.24, 2.45) is 10.8 Å². The number of hydrogen-bond donors (Lipinski definition) is 2. The molecule has 0 amide bonds. The Labute approximate surface area is 120 Å². The van der Waals surface area contributed by atoms with E-state index >= 15 is 0 Å². The standard InChI is InChI=1S/C14H21N3OS/c1-4-5-6-18-13-10(2)7-12(8-11(13)3)9-16-17-14(15)19/h7-9H,4-6H2,1-3H3,(H3,15,17,19). The van der Waals surface area contributed by atoms with Crippen LogP contribution in [0.2, 0.25) is 0 Å². The Bertz CT molecular complexity index is 449. The number of ether oxygens (including phenoxy) is 1. The van der Waals surface area contributed by atoms with Gasteiger partial charge < -0.3 is 10.5 Å². The van der Waals surface area contributed by atoms with E-state index in [4.69, 9.17) is 10.5 Å². The third-order valence-corrected chi connectivity index (χ3v) is 2.71. The Balaban J connectivity index is 2.78. The van der Waals surface area contributed by atoms with Gasteiger partial charge in [0, 0.05) is 0 Å². The van der Waals surface area contributed by atoms with Crippen molar-refractivity contribution in [3.8, 4) is 5.75 Å². The molecule has 0 aliphatic carbocycles. The van der Waals surface area contributed by atoms with E-state index in [1.54, 1.807) is 6.21 Å². The zero-order valence-electron chi connectivity index (χ0n) is 11.7. The predicted octanol–water partition coefficient (Wildman–Crippen LogP) is 2.65. The molecule has 0 aliphatic rings. The maximum atomic E-state index is 5.80. The molecule has 5 heteroatoms. The van der Waals surface area contributed by atoms with Gasteiger partial charge in [0.1, 0.15) is 5.75 Å². The average molecular weight is 279 g/mol. The second kappa shape index (κ2) is 7.74. The molecule has 0 aliphatic heterocycles. The predicted molar refractivity (Wildman–Crippen MR) is 83.8 cm³/mol. The highest BCUT2D eigenvalue weighted by Crippen LogP contribution is 2.24. The van der Waals surface area contributed by atoms with Gasteiger partial charge in [-0.1, -0.05) is 13.3 Å². The minimum absolute atomic E-state index is 0.157. The molecule has 0 saturated heterocycles. The summed E-state index contributed by atoms with van der Waals surface area (Å²) in [6.07, 6.45) is 3.89. The normalized spacial score (nSPS) is 10.7. The summed E-state index contributed by atoms with van der Waals surface area (Å²) in [6.45, 7) is 6.98. The molecule has 0 spiro atoms. The molecule has 0 unspecified atom stereocenters. The van der Waals surface area contributed by atoms with E-state index in [1.807, 2.05) is 26.0 Å². The highest BCUT2D eigenvalue weighted by atomic mass is 32.1. The van der Waals surface area contributed by atoms with E-state index in [0.29, 0.717) is 0 Å². The molecule has 19 heavy (non-hydrogen) atoms. The van der Waals surface area contributed by atoms with Gasteiger partial charge in [-0.25, -0.2) is 0 Å². The number of aryl methyl sites for hydroxylation is 2. The summed E-state index contributed by atoms with van der Waals surface area (Å²) < 4.78 is 5.80. The molecular weight excluding hydrogens is 258 g/mol. The minimum Gasteiger partial charge on any atom is -0.493 e. The van der Waals surface area contributed by atoms with E-state index in [-0.39, 0.29) is 5.11 Å². The lowest BCUT2D eigenvalue weighted by Crippen LogP contribution is -2.24. The number of nitrogens with zero attached hydrogens (tertiary/aromatic N) is 1. The summed E-state index contributed by atoms with van der Waals surface area (Å²) in [5.41, 5.74) is 11.0. The SMILES string of the molecule is CCCCOc1c(C)cc(C=NNC(N)=S)cc1C. The molecule has 1 rings (SSSR count).